The number of para-hydroxylation sites is 1. The Kier molecular flexibility index (Phi) is 5.35. The first kappa shape index (κ1) is 20.2. The average molecular weight is 406 g/mol. The van der Waals surface area contributed by atoms with E-state index in [4.69, 9.17) is 9.15 Å². The third kappa shape index (κ3) is 3.59. The normalized spacial score (nSPS) is 16.0. The molecule has 1 amide bonds. The number of nitrogens with zero attached hydrogens (tertiary/aromatic N) is 2. The van der Waals surface area contributed by atoms with Crippen molar-refractivity contribution < 1.29 is 13.9 Å². The first-order valence-corrected chi connectivity index (χ1v) is 10.1. The van der Waals surface area contributed by atoms with Gasteiger partial charge in [-0.2, -0.15) is 0 Å². The lowest BCUT2D eigenvalue weighted by Gasteiger charge is -2.26. The number of fused-ring (bicyclic) bond motifs is 2. The zero-order valence-corrected chi connectivity index (χ0v) is 17.7. The summed E-state index contributed by atoms with van der Waals surface area (Å²) in [6, 6.07) is 14.2. The molecular formula is C24H26N2O4. The van der Waals surface area contributed by atoms with Crippen molar-refractivity contribution >= 4 is 16.9 Å². The quantitative estimate of drug-likeness (QED) is 0.625. The zero-order valence-electron chi connectivity index (χ0n) is 17.7. The number of rotatable bonds is 6. The smallest absolute Gasteiger partial charge is 0.290 e. The molecule has 0 saturated heterocycles. The van der Waals surface area contributed by atoms with Crippen LogP contribution in [0.4, 0.5) is 0 Å². The Balaban J connectivity index is 1.84. The summed E-state index contributed by atoms with van der Waals surface area (Å²) in [6.07, 6.45) is 0.0691. The van der Waals surface area contributed by atoms with Gasteiger partial charge in [0.05, 0.1) is 23.1 Å². The van der Waals surface area contributed by atoms with E-state index in [1.165, 1.54) is 0 Å². The molecule has 1 aliphatic heterocycles. The molecule has 3 aromatic rings. The molecule has 0 radical (unpaired) electrons. The Morgan fingerprint density at radius 3 is 2.43 bits per heavy atom. The summed E-state index contributed by atoms with van der Waals surface area (Å²) in [6.45, 7) is 5.11. The van der Waals surface area contributed by atoms with Crippen LogP contribution in [-0.4, -0.2) is 49.0 Å². The van der Waals surface area contributed by atoms with Gasteiger partial charge in [0.25, 0.3) is 5.91 Å². The first-order chi connectivity index (χ1) is 14.4. The van der Waals surface area contributed by atoms with Crippen molar-refractivity contribution in [1.29, 1.82) is 0 Å². The van der Waals surface area contributed by atoms with Gasteiger partial charge in [-0.05, 0) is 57.8 Å². The predicted molar refractivity (Wildman–Crippen MR) is 116 cm³/mol. The fraction of sp³-hybridized carbons (Fsp3) is 0.333. The van der Waals surface area contributed by atoms with E-state index in [2.05, 4.69) is 0 Å². The minimum atomic E-state index is -0.485. The Morgan fingerprint density at radius 1 is 1.07 bits per heavy atom. The molecule has 0 bridgehead atoms. The summed E-state index contributed by atoms with van der Waals surface area (Å²) in [5, 5.41) is 0.489. The highest BCUT2D eigenvalue weighted by atomic mass is 16.5. The highest BCUT2D eigenvalue weighted by Gasteiger charge is 2.42. The average Bonchev–Trinajstić information content (AvgIpc) is 2.99. The summed E-state index contributed by atoms with van der Waals surface area (Å²) in [5.41, 5.74) is 1.55. The molecule has 6 heteroatoms. The number of ether oxygens (including phenoxy) is 1. The predicted octanol–water partition coefficient (Wildman–Crippen LogP) is 3.69. The molecule has 156 valence electrons. The maximum atomic E-state index is 13.4. The molecule has 6 nitrogen and oxygen atoms in total. The van der Waals surface area contributed by atoms with Crippen LogP contribution in [0.25, 0.3) is 11.0 Å². The SMILES string of the molecule is CC(C)Oc1ccc([C@@H]2c3c(oc4ccccc4c3=O)C(=O)N2CCN(C)C)cc1. The van der Waals surface area contributed by atoms with Gasteiger partial charge in [-0.1, -0.05) is 24.3 Å². The summed E-state index contributed by atoms with van der Waals surface area (Å²) < 4.78 is 11.7. The van der Waals surface area contributed by atoms with Crippen molar-refractivity contribution in [3.8, 4) is 5.75 Å². The lowest BCUT2D eigenvalue weighted by Crippen LogP contribution is -2.35. The number of hydrogen-bond acceptors (Lipinski definition) is 5. The van der Waals surface area contributed by atoms with Gasteiger partial charge >= 0.3 is 0 Å². The minimum Gasteiger partial charge on any atom is -0.491 e. The highest BCUT2D eigenvalue weighted by molar-refractivity contribution is 5.99. The number of benzene rings is 2. The van der Waals surface area contributed by atoms with Gasteiger partial charge < -0.3 is 19.0 Å². The van der Waals surface area contributed by atoms with Crippen LogP contribution in [0.1, 0.15) is 41.6 Å². The van der Waals surface area contributed by atoms with Crippen molar-refractivity contribution in [2.24, 2.45) is 0 Å². The van der Waals surface area contributed by atoms with Gasteiger partial charge in [0.15, 0.2) is 5.43 Å². The summed E-state index contributed by atoms with van der Waals surface area (Å²) in [4.78, 5) is 30.4. The lowest BCUT2D eigenvalue weighted by molar-refractivity contribution is 0.0716. The van der Waals surface area contributed by atoms with Crippen molar-refractivity contribution in [2.75, 3.05) is 27.2 Å². The lowest BCUT2D eigenvalue weighted by atomic mass is 9.98. The Labute approximate surface area is 175 Å². The van der Waals surface area contributed by atoms with Crippen LogP contribution in [-0.2, 0) is 0 Å². The van der Waals surface area contributed by atoms with Crippen LogP contribution in [0, 0.1) is 0 Å². The molecule has 1 aliphatic rings. The van der Waals surface area contributed by atoms with Gasteiger partial charge in [0, 0.05) is 13.1 Å². The largest absolute Gasteiger partial charge is 0.491 e. The van der Waals surface area contributed by atoms with E-state index in [0.717, 1.165) is 11.3 Å². The van der Waals surface area contributed by atoms with E-state index in [0.29, 0.717) is 29.6 Å². The van der Waals surface area contributed by atoms with E-state index in [1.807, 2.05) is 57.1 Å². The molecule has 1 aromatic heterocycles. The summed E-state index contributed by atoms with van der Waals surface area (Å²) >= 11 is 0. The maximum Gasteiger partial charge on any atom is 0.290 e. The standard InChI is InChI=1S/C24H26N2O4/c1-15(2)29-17-11-9-16(10-12-17)21-20-22(27)18-7-5-6-8-19(18)30-23(20)24(28)26(21)14-13-25(3)4/h5-12,15,21H,13-14H2,1-4H3/t21-/m1/s1. The summed E-state index contributed by atoms with van der Waals surface area (Å²) in [5.74, 6) is 0.649. The van der Waals surface area contributed by atoms with Gasteiger partial charge in [-0.15, -0.1) is 0 Å². The van der Waals surface area contributed by atoms with Gasteiger partial charge in [0.1, 0.15) is 11.3 Å². The third-order valence-corrected chi connectivity index (χ3v) is 5.23. The molecule has 0 fully saturated rings. The molecule has 2 heterocycles. The first-order valence-electron chi connectivity index (χ1n) is 10.1. The van der Waals surface area contributed by atoms with E-state index in [-0.39, 0.29) is 23.2 Å². The molecule has 30 heavy (non-hydrogen) atoms. The number of hydrogen-bond donors (Lipinski definition) is 0. The van der Waals surface area contributed by atoms with E-state index < -0.39 is 6.04 Å². The molecule has 0 N–H and O–H groups in total. The van der Waals surface area contributed by atoms with E-state index in [9.17, 15) is 9.59 Å². The van der Waals surface area contributed by atoms with Crippen LogP contribution >= 0.6 is 0 Å². The van der Waals surface area contributed by atoms with Crippen molar-refractivity contribution in [3.05, 3.63) is 75.6 Å². The monoisotopic (exact) mass is 406 g/mol. The van der Waals surface area contributed by atoms with Crippen molar-refractivity contribution in [2.45, 2.75) is 26.0 Å². The number of amides is 1. The van der Waals surface area contributed by atoms with Crippen LogP contribution in [0.15, 0.2) is 57.7 Å². The molecule has 1 atom stereocenters. The molecule has 0 unspecified atom stereocenters. The topological polar surface area (TPSA) is 63.0 Å². The zero-order chi connectivity index (χ0) is 21.4. The molecule has 0 spiro atoms. The van der Waals surface area contributed by atoms with Crippen LogP contribution in [0.2, 0.25) is 0 Å². The molecule has 0 aliphatic carbocycles. The number of carbonyl (C=O) groups excluding carboxylic acids is 1. The van der Waals surface area contributed by atoms with Crippen LogP contribution in [0.5, 0.6) is 5.75 Å². The second kappa shape index (κ2) is 7.95. The molecule has 4 rings (SSSR count). The summed E-state index contributed by atoms with van der Waals surface area (Å²) in [7, 11) is 3.91. The second-order valence-corrected chi connectivity index (χ2v) is 8.11. The second-order valence-electron chi connectivity index (χ2n) is 8.11. The third-order valence-electron chi connectivity index (χ3n) is 5.23. The Morgan fingerprint density at radius 2 is 1.77 bits per heavy atom. The number of carbonyl (C=O) groups is 1. The van der Waals surface area contributed by atoms with Gasteiger partial charge in [0.2, 0.25) is 5.76 Å². The van der Waals surface area contributed by atoms with E-state index >= 15 is 0 Å². The Bertz CT molecular complexity index is 1130. The maximum absolute atomic E-state index is 13.4. The van der Waals surface area contributed by atoms with Crippen molar-refractivity contribution in [3.63, 3.8) is 0 Å². The minimum absolute atomic E-state index is 0.0691. The molecule has 2 aromatic carbocycles. The van der Waals surface area contributed by atoms with Gasteiger partial charge in [-0.25, -0.2) is 0 Å². The van der Waals surface area contributed by atoms with E-state index in [1.54, 1.807) is 29.2 Å². The van der Waals surface area contributed by atoms with Crippen LogP contribution in [0.3, 0.4) is 0 Å². The number of likely N-dealkylation sites (N-methyl/N-ethyl adjacent to an activating group) is 1. The molecular weight excluding hydrogens is 380 g/mol. The van der Waals surface area contributed by atoms with Gasteiger partial charge in [-0.3, -0.25) is 9.59 Å². The molecule has 0 saturated carbocycles. The Hall–Kier alpha value is -3.12. The highest BCUT2D eigenvalue weighted by Crippen LogP contribution is 2.38. The fourth-order valence-electron chi connectivity index (χ4n) is 3.85. The van der Waals surface area contributed by atoms with Crippen molar-refractivity contribution in [1.82, 2.24) is 9.80 Å². The van der Waals surface area contributed by atoms with Crippen LogP contribution < -0.4 is 10.2 Å². The fourth-order valence-corrected chi connectivity index (χ4v) is 3.85.